The van der Waals surface area contributed by atoms with Crippen LogP contribution in [0.1, 0.15) is 17.2 Å². The molecule has 0 bridgehead atoms. The van der Waals surface area contributed by atoms with Crippen LogP contribution in [0.2, 0.25) is 0 Å². The van der Waals surface area contributed by atoms with Gasteiger partial charge in [0.05, 0.1) is 23.4 Å². The molecule has 4 rings (SSSR count). The number of imidazole rings is 1. The van der Waals surface area contributed by atoms with Gasteiger partial charge in [-0.25, -0.2) is 4.98 Å². The maximum absolute atomic E-state index is 12.6. The fourth-order valence-electron chi connectivity index (χ4n) is 3.09. The molecule has 134 valence electrons. The van der Waals surface area contributed by atoms with E-state index in [1.54, 1.807) is 6.33 Å². The van der Waals surface area contributed by atoms with E-state index in [-0.39, 0.29) is 18.0 Å². The summed E-state index contributed by atoms with van der Waals surface area (Å²) in [5.74, 6) is 1.81. The summed E-state index contributed by atoms with van der Waals surface area (Å²) in [6.45, 7) is 0.513. The normalized spacial score (nSPS) is 20.2. The van der Waals surface area contributed by atoms with E-state index in [2.05, 4.69) is 48.7 Å². The quantitative estimate of drug-likeness (QED) is 0.593. The number of benzene rings is 2. The summed E-state index contributed by atoms with van der Waals surface area (Å²) in [5.41, 5.74) is 4.19. The van der Waals surface area contributed by atoms with Crippen molar-refractivity contribution in [2.75, 3.05) is 11.5 Å². The number of hydrogen-bond donors (Lipinski definition) is 3. The highest BCUT2D eigenvalue weighted by Crippen LogP contribution is 2.25. The molecular weight excluding hydrogens is 412 g/mol. The van der Waals surface area contributed by atoms with Crippen LogP contribution >= 0.6 is 27.7 Å². The van der Waals surface area contributed by atoms with E-state index in [1.165, 1.54) is 5.56 Å². The van der Waals surface area contributed by atoms with Gasteiger partial charge >= 0.3 is 0 Å². The molecule has 0 spiro atoms. The third-order valence-corrected chi connectivity index (χ3v) is 6.18. The van der Waals surface area contributed by atoms with Crippen LogP contribution in [-0.4, -0.2) is 33.4 Å². The standard InChI is InChI=1S/C19H19BrN4OS/c20-14-4-2-13(3-5-14)17-9-26-10-18(24-17)19(25)21-8-12-1-6-15-16(7-12)23-11-22-15/h1-7,11,17-18,24H,8-10H2,(H,21,25)(H,22,23)/t17?,18-/m0/s1. The zero-order valence-electron chi connectivity index (χ0n) is 14.0. The minimum Gasteiger partial charge on any atom is -0.351 e. The van der Waals surface area contributed by atoms with E-state index in [0.717, 1.165) is 32.6 Å². The molecular formula is C19H19BrN4OS. The molecule has 0 radical (unpaired) electrons. The van der Waals surface area contributed by atoms with Gasteiger partial charge in [-0.1, -0.05) is 34.1 Å². The number of carbonyl (C=O) groups is 1. The van der Waals surface area contributed by atoms with Crippen LogP contribution in [0.25, 0.3) is 11.0 Å². The number of halogens is 1. The summed E-state index contributed by atoms with van der Waals surface area (Å²) in [4.78, 5) is 19.9. The van der Waals surface area contributed by atoms with Gasteiger partial charge in [0.25, 0.3) is 0 Å². The summed E-state index contributed by atoms with van der Waals surface area (Å²) < 4.78 is 1.06. The lowest BCUT2D eigenvalue weighted by Gasteiger charge is -2.30. The van der Waals surface area contributed by atoms with Crippen molar-refractivity contribution in [3.05, 3.63) is 64.4 Å². The Balaban J connectivity index is 1.37. The second-order valence-corrected chi connectivity index (χ2v) is 8.32. The maximum Gasteiger partial charge on any atom is 0.238 e. The van der Waals surface area contributed by atoms with E-state index < -0.39 is 0 Å². The van der Waals surface area contributed by atoms with E-state index in [4.69, 9.17) is 0 Å². The third-order valence-electron chi connectivity index (χ3n) is 4.51. The molecule has 1 unspecified atom stereocenters. The fraction of sp³-hybridized carbons (Fsp3) is 0.263. The Morgan fingerprint density at radius 3 is 2.92 bits per heavy atom. The molecule has 0 saturated carbocycles. The predicted octanol–water partition coefficient (Wildman–Crippen LogP) is 3.39. The molecule has 26 heavy (non-hydrogen) atoms. The second kappa shape index (κ2) is 7.82. The first kappa shape index (κ1) is 17.6. The van der Waals surface area contributed by atoms with Gasteiger partial charge in [-0.2, -0.15) is 11.8 Å². The van der Waals surface area contributed by atoms with Gasteiger partial charge < -0.3 is 10.3 Å². The molecule has 7 heteroatoms. The summed E-state index contributed by atoms with van der Waals surface area (Å²) >= 11 is 5.28. The number of hydrogen-bond acceptors (Lipinski definition) is 4. The minimum absolute atomic E-state index is 0.0454. The first-order valence-electron chi connectivity index (χ1n) is 8.48. The first-order chi connectivity index (χ1) is 12.7. The molecule has 2 heterocycles. The smallest absolute Gasteiger partial charge is 0.238 e. The van der Waals surface area contributed by atoms with Crippen molar-refractivity contribution < 1.29 is 4.79 Å². The largest absolute Gasteiger partial charge is 0.351 e. The predicted molar refractivity (Wildman–Crippen MR) is 109 cm³/mol. The highest BCUT2D eigenvalue weighted by Gasteiger charge is 2.27. The highest BCUT2D eigenvalue weighted by molar-refractivity contribution is 9.10. The number of amides is 1. The Bertz CT molecular complexity index is 911. The lowest BCUT2D eigenvalue weighted by atomic mass is 10.1. The lowest BCUT2D eigenvalue weighted by Crippen LogP contribution is -2.50. The molecule has 1 amide bonds. The van der Waals surface area contributed by atoms with Gasteiger partial charge in [0.15, 0.2) is 0 Å². The SMILES string of the molecule is O=C(NCc1ccc2nc[nH]c2c1)[C@@H]1CSCC(c2ccc(Br)cc2)N1. The number of rotatable bonds is 4. The van der Waals surface area contributed by atoms with E-state index >= 15 is 0 Å². The number of aromatic amines is 1. The van der Waals surface area contributed by atoms with Crippen molar-refractivity contribution >= 4 is 44.6 Å². The average molecular weight is 431 g/mol. The summed E-state index contributed by atoms with van der Waals surface area (Å²) in [6, 6.07) is 14.3. The van der Waals surface area contributed by atoms with Gasteiger partial charge in [0.1, 0.15) is 0 Å². The van der Waals surface area contributed by atoms with E-state index in [9.17, 15) is 4.79 Å². The third kappa shape index (κ3) is 3.95. The number of H-pyrrole nitrogens is 1. The molecule has 3 N–H and O–H groups in total. The average Bonchev–Trinajstić information content (AvgIpc) is 3.14. The topological polar surface area (TPSA) is 69.8 Å². The molecule has 0 aliphatic carbocycles. The number of aromatic nitrogens is 2. The zero-order chi connectivity index (χ0) is 17.9. The molecule has 2 atom stereocenters. The van der Waals surface area contributed by atoms with Crippen LogP contribution in [0.4, 0.5) is 0 Å². The molecule has 1 aliphatic heterocycles. The minimum atomic E-state index is -0.182. The Morgan fingerprint density at radius 1 is 1.23 bits per heavy atom. The van der Waals surface area contributed by atoms with Gasteiger partial charge in [0, 0.05) is 28.6 Å². The van der Waals surface area contributed by atoms with Crippen LogP contribution in [0.5, 0.6) is 0 Å². The van der Waals surface area contributed by atoms with E-state index in [0.29, 0.717) is 6.54 Å². The van der Waals surface area contributed by atoms with Crippen molar-refractivity contribution in [2.45, 2.75) is 18.6 Å². The van der Waals surface area contributed by atoms with Crippen LogP contribution in [0.3, 0.4) is 0 Å². The van der Waals surface area contributed by atoms with Gasteiger partial charge in [-0.05, 0) is 35.4 Å². The number of fused-ring (bicyclic) bond motifs is 1. The van der Waals surface area contributed by atoms with Gasteiger partial charge in [0.2, 0.25) is 5.91 Å². The molecule has 3 aromatic rings. The number of thioether (sulfide) groups is 1. The van der Waals surface area contributed by atoms with Gasteiger partial charge in [-0.15, -0.1) is 0 Å². The number of carbonyl (C=O) groups excluding carboxylic acids is 1. The fourth-order valence-corrected chi connectivity index (χ4v) is 4.49. The molecule has 1 saturated heterocycles. The van der Waals surface area contributed by atoms with Crippen LogP contribution in [-0.2, 0) is 11.3 Å². The maximum atomic E-state index is 12.6. The van der Waals surface area contributed by atoms with Crippen LogP contribution in [0.15, 0.2) is 53.3 Å². The van der Waals surface area contributed by atoms with Crippen LogP contribution in [0, 0.1) is 0 Å². The second-order valence-electron chi connectivity index (χ2n) is 6.33. The Morgan fingerprint density at radius 2 is 2.08 bits per heavy atom. The van der Waals surface area contributed by atoms with Crippen molar-refractivity contribution in [3.8, 4) is 0 Å². The summed E-state index contributed by atoms with van der Waals surface area (Å²) in [7, 11) is 0. The van der Waals surface area contributed by atoms with Gasteiger partial charge in [-0.3, -0.25) is 10.1 Å². The molecule has 1 aromatic heterocycles. The van der Waals surface area contributed by atoms with E-state index in [1.807, 2.05) is 42.1 Å². The number of nitrogens with zero attached hydrogens (tertiary/aromatic N) is 1. The van der Waals surface area contributed by atoms with Crippen molar-refractivity contribution in [2.24, 2.45) is 0 Å². The van der Waals surface area contributed by atoms with Crippen molar-refractivity contribution in [3.63, 3.8) is 0 Å². The molecule has 1 aliphatic rings. The van der Waals surface area contributed by atoms with Crippen LogP contribution < -0.4 is 10.6 Å². The highest BCUT2D eigenvalue weighted by atomic mass is 79.9. The lowest BCUT2D eigenvalue weighted by molar-refractivity contribution is -0.123. The monoisotopic (exact) mass is 430 g/mol. The Hall–Kier alpha value is -1.83. The molecule has 5 nitrogen and oxygen atoms in total. The zero-order valence-corrected chi connectivity index (χ0v) is 16.4. The van der Waals surface area contributed by atoms with Crippen molar-refractivity contribution in [1.29, 1.82) is 0 Å². The first-order valence-corrected chi connectivity index (χ1v) is 10.4. The van der Waals surface area contributed by atoms with Crippen molar-refractivity contribution in [1.82, 2.24) is 20.6 Å². The Labute approximate surface area is 164 Å². The molecule has 1 fully saturated rings. The molecule has 2 aromatic carbocycles. The summed E-state index contributed by atoms with van der Waals surface area (Å²) in [5, 5.41) is 6.54. The Kier molecular flexibility index (Phi) is 5.28. The number of nitrogens with one attached hydrogen (secondary N) is 3. The summed E-state index contributed by atoms with van der Waals surface area (Å²) in [6.07, 6.45) is 1.68.